The molecule has 0 aliphatic rings. The number of non-ortho nitro benzene ring substituents is 1. The van der Waals surface area contributed by atoms with Crippen molar-refractivity contribution in [1.82, 2.24) is 9.97 Å². The molecule has 120 valence electrons. The van der Waals surface area contributed by atoms with Gasteiger partial charge in [-0.05, 0) is 25.5 Å². The van der Waals surface area contributed by atoms with Crippen molar-refractivity contribution in [2.45, 2.75) is 26.3 Å². The SMILES string of the molecule is CCc1cc(NC(C)C(N)=O)nc(-c2ccc([N+](=O)[O-])cc2)n1. The van der Waals surface area contributed by atoms with Gasteiger partial charge in [-0.2, -0.15) is 0 Å². The predicted molar refractivity (Wildman–Crippen MR) is 85.8 cm³/mol. The highest BCUT2D eigenvalue weighted by Crippen LogP contribution is 2.21. The van der Waals surface area contributed by atoms with Crippen LogP contribution < -0.4 is 11.1 Å². The van der Waals surface area contributed by atoms with Gasteiger partial charge in [-0.15, -0.1) is 0 Å². The number of nitro benzene ring substituents is 1. The number of benzene rings is 1. The van der Waals surface area contributed by atoms with Crippen LogP contribution in [-0.4, -0.2) is 26.8 Å². The molecule has 1 unspecified atom stereocenters. The zero-order valence-electron chi connectivity index (χ0n) is 12.8. The molecule has 1 amide bonds. The summed E-state index contributed by atoms with van der Waals surface area (Å²) in [5, 5.41) is 13.6. The number of aromatic nitrogens is 2. The molecule has 0 aliphatic carbocycles. The molecule has 1 heterocycles. The lowest BCUT2D eigenvalue weighted by Gasteiger charge is -2.13. The van der Waals surface area contributed by atoms with Crippen LogP contribution in [0.15, 0.2) is 30.3 Å². The Balaban J connectivity index is 2.37. The first-order chi connectivity index (χ1) is 10.9. The number of carbonyl (C=O) groups excluding carboxylic acids is 1. The first-order valence-electron chi connectivity index (χ1n) is 7.09. The predicted octanol–water partition coefficient (Wildman–Crippen LogP) is 1.90. The van der Waals surface area contributed by atoms with Crippen LogP contribution in [0, 0.1) is 10.1 Å². The third-order valence-electron chi connectivity index (χ3n) is 3.27. The van der Waals surface area contributed by atoms with Gasteiger partial charge in [-0.3, -0.25) is 14.9 Å². The Labute approximate surface area is 132 Å². The van der Waals surface area contributed by atoms with Crippen molar-refractivity contribution in [2.24, 2.45) is 5.73 Å². The minimum absolute atomic E-state index is 0.00101. The Bertz CT molecular complexity index is 730. The van der Waals surface area contributed by atoms with E-state index in [0.717, 1.165) is 5.69 Å². The molecule has 0 spiro atoms. The Morgan fingerprint density at radius 1 is 1.35 bits per heavy atom. The van der Waals surface area contributed by atoms with E-state index in [1.54, 1.807) is 25.1 Å². The van der Waals surface area contributed by atoms with Gasteiger partial charge in [0.2, 0.25) is 5.91 Å². The van der Waals surface area contributed by atoms with Crippen molar-refractivity contribution in [2.75, 3.05) is 5.32 Å². The van der Waals surface area contributed by atoms with Crippen LogP contribution in [-0.2, 0) is 11.2 Å². The number of aryl methyl sites for hydroxylation is 1. The maximum atomic E-state index is 11.2. The summed E-state index contributed by atoms with van der Waals surface area (Å²) in [6.07, 6.45) is 0.683. The van der Waals surface area contributed by atoms with E-state index in [4.69, 9.17) is 5.73 Å². The largest absolute Gasteiger partial charge is 0.368 e. The van der Waals surface area contributed by atoms with Gasteiger partial charge < -0.3 is 11.1 Å². The zero-order valence-corrected chi connectivity index (χ0v) is 12.8. The molecule has 1 aromatic heterocycles. The first kappa shape index (κ1) is 16.3. The number of rotatable bonds is 6. The third-order valence-corrected chi connectivity index (χ3v) is 3.27. The fourth-order valence-electron chi connectivity index (χ4n) is 1.91. The van der Waals surface area contributed by atoms with Crippen molar-refractivity contribution in [3.63, 3.8) is 0 Å². The smallest absolute Gasteiger partial charge is 0.269 e. The van der Waals surface area contributed by atoms with Crippen molar-refractivity contribution in [3.05, 3.63) is 46.1 Å². The number of nitrogens with zero attached hydrogens (tertiary/aromatic N) is 3. The van der Waals surface area contributed by atoms with E-state index in [0.29, 0.717) is 23.6 Å². The molecule has 0 radical (unpaired) electrons. The van der Waals surface area contributed by atoms with E-state index >= 15 is 0 Å². The maximum Gasteiger partial charge on any atom is 0.269 e. The molecule has 1 aromatic carbocycles. The maximum absolute atomic E-state index is 11.2. The molecular weight excluding hydrogens is 298 g/mol. The number of carbonyl (C=O) groups is 1. The summed E-state index contributed by atoms with van der Waals surface area (Å²) in [6.45, 7) is 3.59. The number of nitrogens with two attached hydrogens (primary N) is 1. The lowest BCUT2D eigenvalue weighted by atomic mass is 10.2. The number of nitro groups is 1. The minimum Gasteiger partial charge on any atom is -0.368 e. The lowest BCUT2D eigenvalue weighted by molar-refractivity contribution is -0.384. The second-order valence-corrected chi connectivity index (χ2v) is 4.99. The van der Waals surface area contributed by atoms with E-state index in [1.807, 2.05) is 6.92 Å². The highest BCUT2D eigenvalue weighted by molar-refractivity contribution is 5.82. The molecule has 2 rings (SSSR count). The van der Waals surface area contributed by atoms with Crippen LogP contribution in [0.2, 0.25) is 0 Å². The van der Waals surface area contributed by atoms with E-state index in [2.05, 4.69) is 15.3 Å². The number of hydrogen-bond donors (Lipinski definition) is 2. The topological polar surface area (TPSA) is 124 Å². The number of primary amides is 1. The first-order valence-corrected chi connectivity index (χ1v) is 7.09. The number of hydrogen-bond acceptors (Lipinski definition) is 6. The summed E-state index contributed by atoms with van der Waals surface area (Å²) in [5.74, 6) is 0.425. The number of amides is 1. The molecule has 0 saturated heterocycles. The Morgan fingerprint density at radius 3 is 2.52 bits per heavy atom. The quantitative estimate of drug-likeness (QED) is 0.619. The highest BCUT2D eigenvalue weighted by atomic mass is 16.6. The third kappa shape index (κ3) is 4.00. The van der Waals surface area contributed by atoms with Gasteiger partial charge in [0.15, 0.2) is 5.82 Å². The van der Waals surface area contributed by atoms with Crippen molar-refractivity contribution in [3.8, 4) is 11.4 Å². The molecule has 8 heteroatoms. The second-order valence-electron chi connectivity index (χ2n) is 4.99. The van der Waals surface area contributed by atoms with Crippen LogP contribution in [0.4, 0.5) is 11.5 Å². The summed E-state index contributed by atoms with van der Waals surface area (Å²) >= 11 is 0. The summed E-state index contributed by atoms with van der Waals surface area (Å²) in [4.78, 5) is 30.2. The van der Waals surface area contributed by atoms with Gasteiger partial charge in [-0.1, -0.05) is 6.92 Å². The fourth-order valence-corrected chi connectivity index (χ4v) is 1.91. The number of anilines is 1. The monoisotopic (exact) mass is 315 g/mol. The normalized spacial score (nSPS) is 11.7. The van der Waals surface area contributed by atoms with Gasteiger partial charge in [0.05, 0.1) is 4.92 Å². The van der Waals surface area contributed by atoms with E-state index < -0.39 is 16.9 Å². The summed E-state index contributed by atoms with van der Waals surface area (Å²) in [7, 11) is 0. The van der Waals surface area contributed by atoms with Crippen molar-refractivity contribution < 1.29 is 9.72 Å². The van der Waals surface area contributed by atoms with Crippen LogP contribution in [0.5, 0.6) is 0 Å². The Kier molecular flexibility index (Phi) is 4.85. The van der Waals surface area contributed by atoms with Gasteiger partial charge in [0.1, 0.15) is 11.9 Å². The van der Waals surface area contributed by atoms with Crippen LogP contribution >= 0.6 is 0 Å². The molecule has 0 aliphatic heterocycles. The molecule has 8 nitrogen and oxygen atoms in total. The van der Waals surface area contributed by atoms with Crippen LogP contribution in [0.3, 0.4) is 0 Å². The van der Waals surface area contributed by atoms with E-state index in [-0.39, 0.29) is 5.69 Å². The van der Waals surface area contributed by atoms with Crippen LogP contribution in [0.25, 0.3) is 11.4 Å². The van der Waals surface area contributed by atoms with Crippen molar-refractivity contribution in [1.29, 1.82) is 0 Å². The standard InChI is InChI=1S/C15H17N5O3/c1-3-11-8-13(17-9(2)14(16)21)19-15(18-11)10-4-6-12(7-5-10)20(22)23/h4-9H,3H2,1-2H3,(H2,16,21)(H,17,18,19). The Hall–Kier alpha value is -3.03. The molecule has 1 atom stereocenters. The van der Waals surface area contributed by atoms with Gasteiger partial charge in [0.25, 0.3) is 5.69 Å². The molecule has 0 bridgehead atoms. The van der Waals surface area contributed by atoms with Crippen molar-refractivity contribution >= 4 is 17.4 Å². The summed E-state index contributed by atoms with van der Waals surface area (Å²) in [6, 6.07) is 7.16. The average molecular weight is 315 g/mol. The molecule has 23 heavy (non-hydrogen) atoms. The highest BCUT2D eigenvalue weighted by Gasteiger charge is 2.12. The van der Waals surface area contributed by atoms with E-state index in [9.17, 15) is 14.9 Å². The summed E-state index contributed by atoms with van der Waals surface area (Å²) in [5.41, 5.74) is 6.68. The summed E-state index contributed by atoms with van der Waals surface area (Å²) < 4.78 is 0. The van der Waals surface area contributed by atoms with E-state index in [1.165, 1.54) is 12.1 Å². The number of nitrogens with one attached hydrogen (secondary N) is 1. The Morgan fingerprint density at radius 2 is 2.00 bits per heavy atom. The molecule has 2 aromatic rings. The van der Waals surface area contributed by atoms with Gasteiger partial charge in [-0.25, -0.2) is 9.97 Å². The lowest BCUT2D eigenvalue weighted by Crippen LogP contribution is -2.32. The molecular formula is C15H17N5O3. The van der Waals surface area contributed by atoms with Crippen LogP contribution in [0.1, 0.15) is 19.5 Å². The van der Waals surface area contributed by atoms with Gasteiger partial charge in [0, 0.05) is 29.5 Å². The average Bonchev–Trinajstić information content (AvgIpc) is 2.54. The second kappa shape index (κ2) is 6.82. The fraction of sp³-hybridized carbons (Fsp3) is 0.267. The minimum atomic E-state index is -0.570. The molecule has 0 saturated carbocycles. The molecule has 3 N–H and O–H groups in total. The van der Waals surface area contributed by atoms with Gasteiger partial charge >= 0.3 is 0 Å². The molecule has 0 fully saturated rings. The zero-order chi connectivity index (χ0) is 17.0.